The third-order valence-corrected chi connectivity index (χ3v) is 1.62. The molecule has 0 saturated carbocycles. The third kappa shape index (κ3) is 3.58. The van der Waals surface area contributed by atoms with Gasteiger partial charge >= 0.3 is 5.97 Å². The van der Waals surface area contributed by atoms with Crippen molar-refractivity contribution in [1.29, 1.82) is 0 Å². The van der Waals surface area contributed by atoms with Gasteiger partial charge in [0.05, 0.1) is 6.61 Å². The maximum atomic E-state index is 11.1. The van der Waals surface area contributed by atoms with E-state index in [1.54, 1.807) is 25.9 Å². The summed E-state index contributed by atoms with van der Waals surface area (Å²) in [7, 11) is 3.59. The molecule has 0 aromatic carbocycles. The SMILES string of the molecule is CCOC(=O)C(CCl)N(C)C. The van der Waals surface area contributed by atoms with Crippen LogP contribution in [0.5, 0.6) is 0 Å². The fraction of sp³-hybridized carbons (Fsp3) is 0.857. The molecule has 1 unspecified atom stereocenters. The van der Waals surface area contributed by atoms with Crippen molar-refractivity contribution in [2.45, 2.75) is 13.0 Å². The van der Waals surface area contributed by atoms with Gasteiger partial charge in [-0.1, -0.05) is 0 Å². The summed E-state index contributed by atoms with van der Waals surface area (Å²) in [5, 5.41) is 0. The molecular weight excluding hydrogens is 166 g/mol. The van der Waals surface area contributed by atoms with Gasteiger partial charge in [0.2, 0.25) is 0 Å². The molecule has 0 radical (unpaired) electrons. The lowest BCUT2D eigenvalue weighted by Gasteiger charge is -2.19. The van der Waals surface area contributed by atoms with Crippen molar-refractivity contribution < 1.29 is 9.53 Å². The van der Waals surface area contributed by atoms with Gasteiger partial charge in [0, 0.05) is 5.88 Å². The highest BCUT2D eigenvalue weighted by molar-refractivity contribution is 6.19. The zero-order valence-corrected chi connectivity index (χ0v) is 7.89. The van der Waals surface area contributed by atoms with Crippen LogP contribution in [0, 0.1) is 0 Å². The molecule has 0 N–H and O–H groups in total. The zero-order valence-electron chi connectivity index (χ0n) is 7.13. The Morgan fingerprint density at radius 1 is 1.64 bits per heavy atom. The van der Waals surface area contributed by atoms with Gasteiger partial charge in [0.15, 0.2) is 0 Å². The first-order valence-corrected chi connectivity index (χ1v) is 4.06. The second-order valence-corrected chi connectivity index (χ2v) is 2.69. The minimum atomic E-state index is -0.323. The number of carbonyl (C=O) groups excluding carboxylic acids is 1. The fourth-order valence-electron chi connectivity index (χ4n) is 0.650. The Morgan fingerprint density at radius 3 is 2.45 bits per heavy atom. The van der Waals surface area contributed by atoms with E-state index in [1.807, 2.05) is 0 Å². The van der Waals surface area contributed by atoms with Crippen LogP contribution < -0.4 is 0 Å². The summed E-state index contributed by atoms with van der Waals surface area (Å²) in [5.74, 6) is 0.0127. The van der Waals surface area contributed by atoms with E-state index in [-0.39, 0.29) is 17.9 Å². The lowest BCUT2D eigenvalue weighted by Crippen LogP contribution is -2.38. The van der Waals surface area contributed by atoms with E-state index in [0.717, 1.165) is 0 Å². The molecule has 0 fully saturated rings. The fourth-order valence-corrected chi connectivity index (χ4v) is 1.05. The van der Waals surface area contributed by atoms with E-state index in [4.69, 9.17) is 16.3 Å². The highest BCUT2D eigenvalue weighted by Gasteiger charge is 2.20. The Hall–Kier alpha value is -0.280. The van der Waals surface area contributed by atoms with E-state index in [1.165, 1.54) is 0 Å². The molecule has 3 nitrogen and oxygen atoms in total. The van der Waals surface area contributed by atoms with Crippen LogP contribution >= 0.6 is 11.6 Å². The number of hydrogen-bond donors (Lipinski definition) is 0. The smallest absolute Gasteiger partial charge is 0.324 e. The van der Waals surface area contributed by atoms with Crippen molar-refractivity contribution in [1.82, 2.24) is 4.90 Å². The lowest BCUT2D eigenvalue weighted by molar-refractivity contribution is -0.147. The number of rotatable bonds is 4. The number of nitrogens with zero attached hydrogens (tertiary/aromatic N) is 1. The summed E-state index contributed by atoms with van der Waals surface area (Å²) in [5.41, 5.74) is 0. The molecule has 4 heteroatoms. The molecule has 11 heavy (non-hydrogen) atoms. The molecule has 66 valence electrons. The van der Waals surface area contributed by atoms with Crippen LogP contribution in [0.2, 0.25) is 0 Å². The van der Waals surface area contributed by atoms with Crippen molar-refractivity contribution in [2.75, 3.05) is 26.6 Å². The Kier molecular flexibility index (Phi) is 5.24. The van der Waals surface area contributed by atoms with Crippen LogP contribution in [0.25, 0.3) is 0 Å². The predicted octanol–water partition coefficient (Wildman–Crippen LogP) is 0.718. The highest BCUT2D eigenvalue weighted by atomic mass is 35.5. The molecule has 1 atom stereocenters. The van der Waals surface area contributed by atoms with Gasteiger partial charge in [0.1, 0.15) is 6.04 Å². The molecular formula is C7H14ClNO2. The first-order chi connectivity index (χ1) is 5.13. The molecule has 0 spiro atoms. The van der Waals surface area contributed by atoms with Crippen molar-refractivity contribution in [3.05, 3.63) is 0 Å². The molecule has 0 saturated heterocycles. The van der Waals surface area contributed by atoms with E-state index in [9.17, 15) is 4.79 Å². The predicted molar refractivity (Wildman–Crippen MR) is 44.8 cm³/mol. The van der Waals surface area contributed by atoms with Gasteiger partial charge < -0.3 is 4.74 Å². The number of halogens is 1. The number of carbonyl (C=O) groups is 1. The molecule has 0 aliphatic rings. The maximum Gasteiger partial charge on any atom is 0.324 e. The Labute approximate surface area is 72.3 Å². The highest BCUT2D eigenvalue weighted by Crippen LogP contribution is 1.99. The standard InChI is InChI=1S/C7H14ClNO2/c1-4-11-7(10)6(5-8)9(2)3/h6H,4-5H2,1-3H3. The van der Waals surface area contributed by atoms with Gasteiger partial charge in [0.25, 0.3) is 0 Å². The Bertz CT molecular complexity index is 128. The van der Waals surface area contributed by atoms with E-state index in [2.05, 4.69) is 0 Å². The molecule has 0 aliphatic heterocycles. The van der Waals surface area contributed by atoms with Gasteiger partial charge in [-0.3, -0.25) is 9.69 Å². The Balaban J connectivity index is 3.92. The van der Waals surface area contributed by atoms with Gasteiger partial charge in [-0.15, -0.1) is 11.6 Å². The monoisotopic (exact) mass is 179 g/mol. The molecule has 0 bridgehead atoms. The molecule has 0 aromatic heterocycles. The van der Waals surface area contributed by atoms with Crippen molar-refractivity contribution in [3.8, 4) is 0 Å². The molecule has 0 rings (SSSR count). The number of hydrogen-bond acceptors (Lipinski definition) is 3. The van der Waals surface area contributed by atoms with E-state index in [0.29, 0.717) is 6.61 Å². The van der Waals surface area contributed by atoms with Crippen LogP contribution in [0.4, 0.5) is 0 Å². The second kappa shape index (κ2) is 5.38. The summed E-state index contributed by atoms with van der Waals surface area (Å²) in [6.07, 6.45) is 0. The summed E-state index contributed by atoms with van der Waals surface area (Å²) in [6, 6.07) is -0.323. The topological polar surface area (TPSA) is 29.5 Å². The van der Waals surface area contributed by atoms with Gasteiger partial charge in [-0.2, -0.15) is 0 Å². The summed E-state index contributed by atoms with van der Waals surface area (Å²) < 4.78 is 4.79. The molecule has 0 aromatic rings. The second-order valence-electron chi connectivity index (χ2n) is 2.39. The molecule has 0 aliphatic carbocycles. The average molecular weight is 180 g/mol. The van der Waals surface area contributed by atoms with Crippen LogP contribution in [0.3, 0.4) is 0 Å². The minimum absolute atomic E-state index is 0.257. The zero-order chi connectivity index (χ0) is 8.85. The number of ether oxygens (including phenoxy) is 1. The van der Waals surface area contributed by atoms with Crippen LogP contribution in [-0.2, 0) is 9.53 Å². The van der Waals surface area contributed by atoms with Crippen LogP contribution in [0.15, 0.2) is 0 Å². The third-order valence-electron chi connectivity index (χ3n) is 1.33. The van der Waals surface area contributed by atoms with E-state index >= 15 is 0 Å². The normalized spacial score (nSPS) is 13.2. The van der Waals surface area contributed by atoms with Crippen molar-refractivity contribution in [3.63, 3.8) is 0 Å². The first kappa shape index (κ1) is 10.7. The van der Waals surface area contributed by atoms with Gasteiger partial charge in [-0.25, -0.2) is 0 Å². The maximum absolute atomic E-state index is 11.1. The summed E-state index contributed by atoms with van der Waals surface area (Å²) in [6.45, 7) is 2.18. The quantitative estimate of drug-likeness (QED) is 0.471. The lowest BCUT2D eigenvalue weighted by atomic mass is 10.3. The van der Waals surface area contributed by atoms with Crippen LogP contribution in [0.1, 0.15) is 6.92 Å². The number of alkyl halides is 1. The largest absolute Gasteiger partial charge is 0.465 e. The molecule has 0 amide bonds. The van der Waals surface area contributed by atoms with Gasteiger partial charge in [-0.05, 0) is 21.0 Å². The molecule has 0 heterocycles. The van der Waals surface area contributed by atoms with Crippen molar-refractivity contribution >= 4 is 17.6 Å². The summed E-state index contributed by atoms with van der Waals surface area (Å²) >= 11 is 5.55. The minimum Gasteiger partial charge on any atom is -0.465 e. The van der Waals surface area contributed by atoms with E-state index < -0.39 is 0 Å². The average Bonchev–Trinajstić information content (AvgIpc) is 1.88. The Morgan fingerprint density at radius 2 is 2.18 bits per heavy atom. The number of esters is 1. The van der Waals surface area contributed by atoms with Crippen molar-refractivity contribution in [2.24, 2.45) is 0 Å². The van der Waals surface area contributed by atoms with Crippen LogP contribution in [-0.4, -0.2) is 43.5 Å². The summed E-state index contributed by atoms with van der Waals surface area (Å²) in [4.78, 5) is 12.8. The first-order valence-electron chi connectivity index (χ1n) is 3.52. The number of likely N-dealkylation sites (N-methyl/N-ethyl adjacent to an activating group) is 1.